The fraction of sp³-hybridized carbons (Fsp3) is 0.444. The van der Waals surface area contributed by atoms with Crippen LogP contribution in [0.15, 0.2) is 28.8 Å². The number of hydrogen-bond donors (Lipinski definition) is 0. The van der Waals surface area contributed by atoms with Crippen molar-refractivity contribution in [1.29, 1.82) is 0 Å². The number of benzene rings is 1. The number of aryl methyl sites for hydroxylation is 2. The lowest BCUT2D eigenvalue weighted by molar-refractivity contribution is -0.135. The maximum Gasteiger partial charge on any atom is 0.228 e. The molecule has 132 valence electrons. The van der Waals surface area contributed by atoms with Crippen molar-refractivity contribution < 1.29 is 14.1 Å². The van der Waals surface area contributed by atoms with E-state index in [0.717, 1.165) is 5.56 Å². The first kappa shape index (κ1) is 17.1. The topological polar surface area (TPSA) is 79.5 Å². The molecule has 7 heteroatoms. The van der Waals surface area contributed by atoms with Crippen LogP contribution in [0, 0.1) is 19.8 Å². The molecule has 0 radical (unpaired) electrons. The van der Waals surface area contributed by atoms with Gasteiger partial charge in [-0.3, -0.25) is 9.59 Å². The highest BCUT2D eigenvalue weighted by atomic mass is 16.5. The van der Waals surface area contributed by atoms with Crippen molar-refractivity contribution in [1.82, 2.24) is 19.9 Å². The molecular formula is C18H22N4O3. The SMILES string of the molecule is Cc1ccc(CN2C[C@H](C(=O)N(C)Cc3noc(C)n3)CC2=O)cc1. The Labute approximate surface area is 146 Å². The van der Waals surface area contributed by atoms with Crippen LogP contribution in [0.4, 0.5) is 0 Å². The van der Waals surface area contributed by atoms with Gasteiger partial charge >= 0.3 is 0 Å². The molecule has 1 aliphatic rings. The summed E-state index contributed by atoms with van der Waals surface area (Å²) in [5, 5.41) is 3.80. The number of hydrogen-bond acceptors (Lipinski definition) is 5. The van der Waals surface area contributed by atoms with Crippen molar-refractivity contribution in [3.05, 3.63) is 47.1 Å². The average Bonchev–Trinajstić information content (AvgIpc) is 3.15. The van der Waals surface area contributed by atoms with E-state index in [1.807, 2.05) is 31.2 Å². The Balaban J connectivity index is 1.59. The summed E-state index contributed by atoms with van der Waals surface area (Å²) < 4.78 is 4.92. The maximum absolute atomic E-state index is 12.6. The Morgan fingerprint density at radius 2 is 2.04 bits per heavy atom. The molecule has 2 heterocycles. The Morgan fingerprint density at radius 3 is 2.68 bits per heavy atom. The van der Waals surface area contributed by atoms with Gasteiger partial charge in [0, 0.05) is 33.5 Å². The predicted octanol–water partition coefficient (Wildman–Crippen LogP) is 1.69. The van der Waals surface area contributed by atoms with Crippen molar-refractivity contribution in [3.63, 3.8) is 0 Å². The van der Waals surface area contributed by atoms with Gasteiger partial charge in [0.2, 0.25) is 17.7 Å². The lowest BCUT2D eigenvalue weighted by atomic mass is 10.1. The number of nitrogens with zero attached hydrogens (tertiary/aromatic N) is 4. The molecule has 1 aromatic carbocycles. The van der Waals surface area contributed by atoms with E-state index in [1.54, 1.807) is 23.8 Å². The van der Waals surface area contributed by atoms with Crippen molar-refractivity contribution in [2.75, 3.05) is 13.6 Å². The lowest BCUT2D eigenvalue weighted by Gasteiger charge is -2.20. The van der Waals surface area contributed by atoms with Gasteiger partial charge in [0.1, 0.15) is 0 Å². The minimum absolute atomic E-state index is 0.0164. The van der Waals surface area contributed by atoms with Crippen molar-refractivity contribution in [2.24, 2.45) is 5.92 Å². The Kier molecular flexibility index (Phi) is 4.83. The van der Waals surface area contributed by atoms with Gasteiger partial charge in [-0.15, -0.1) is 0 Å². The third kappa shape index (κ3) is 4.04. The quantitative estimate of drug-likeness (QED) is 0.826. The van der Waals surface area contributed by atoms with Crippen molar-refractivity contribution >= 4 is 11.8 Å². The van der Waals surface area contributed by atoms with E-state index >= 15 is 0 Å². The van der Waals surface area contributed by atoms with E-state index in [0.29, 0.717) is 24.8 Å². The largest absolute Gasteiger partial charge is 0.340 e. The van der Waals surface area contributed by atoms with E-state index < -0.39 is 0 Å². The smallest absolute Gasteiger partial charge is 0.228 e. The third-order valence-electron chi connectivity index (χ3n) is 4.38. The molecule has 0 bridgehead atoms. The Morgan fingerprint density at radius 1 is 1.32 bits per heavy atom. The van der Waals surface area contributed by atoms with E-state index in [1.165, 1.54) is 5.56 Å². The van der Waals surface area contributed by atoms with Crippen molar-refractivity contribution in [2.45, 2.75) is 33.4 Å². The molecule has 0 spiro atoms. The van der Waals surface area contributed by atoms with Crippen LogP contribution >= 0.6 is 0 Å². The van der Waals surface area contributed by atoms with Gasteiger partial charge in [-0.2, -0.15) is 4.98 Å². The van der Waals surface area contributed by atoms with Crippen LogP contribution in [0.2, 0.25) is 0 Å². The standard InChI is InChI=1S/C18H22N4O3/c1-12-4-6-14(7-5-12)9-22-10-15(8-17(22)23)18(24)21(3)11-16-19-13(2)25-20-16/h4-7,15H,8-11H2,1-3H3/t15-/m1/s1. The maximum atomic E-state index is 12.6. The number of carbonyl (C=O) groups excluding carboxylic acids is 2. The second-order valence-corrected chi connectivity index (χ2v) is 6.58. The molecule has 0 unspecified atom stereocenters. The van der Waals surface area contributed by atoms with Crippen LogP contribution in [0.3, 0.4) is 0 Å². The van der Waals surface area contributed by atoms with E-state index in [2.05, 4.69) is 10.1 Å². The normalized spacial score (nSPS) is 17.2. The first-order valence-electron chi connectivity index (χ1n) is 8.30. The molecule has 0 saturated carbocycles. The number of aromatic nitrogens is 2. The fourth-order valence-electron chi connectivity index (χ4n) is 3.01. The minimum Gasteiger partial charge on any atom is -0.340 e. The summed E-state index contributed by atoms with van der Waals surface area (Å²) >= 11 is 0. The molecule has 2 aromatic rings. The van der Waals surface area contributed by atoms with Gasteiger partial charge in [0.15, 0.2) is 5.82 Å². The molecule has 3 rings (SSSR count). The predicted molar refractivity (Wildman–Crippen MR) is 90.2 cm³/mol. The van der Waals surface area contributed by atoms with Gasteiger partial charge in [-0.25, -0.2) is 0 Å². The number of rotatable bonds is 5. The molecule has 7 nitrogen and oxygen atoms in total. The zero-order valence-electron chi connectivity index (χ0n) is 14.7. The first-order valence-corrected chi connectivity index (χ1v) is 8.30. The molecule has 1 fully saturated rings. The highest BCUT2D eigenvalue weighted by molar-refractivity contribution is 5.89. The van der Waals surface area contributed by atoms with E-state index in [-0.39, 0.29) is 30.7 Å². The summed E-state index contributed by atoms with van der Waals surface area (Å²) in [6.07, 6.45) is 0.250. The van der Waals surface area contributed by atoms with Gasteiger partial charge in [-0.1, -0.05) is 35.0 Å². The molecule has 2 amide bonds. The number of carbonyl (C=O) groups is 2. The first-order chi connectivity index (χ1) is 11.9. The van der Waals surface area contributed by atoms with Crippen molar-refractivity contribution in [3.8, 4) is 0 Å². The summed E-state index contributed by atoms with van der Waals surface area (Å²) in [5.41, 5.74) is 2.26. The zero-order valence-corrected chi connectivity index (χ0v) is 14.7. The Bertz CT molecular complexity index is 769. The monoisotopic (exact) mass is 342 g/mol. The van der Waals surface area contributed by atoms with Gasteiger partial charge in [-0.05, 0) is 12.5 Å². The molecule has 25 heavy (non-hydrogen) atoms. The van der Waals surface area contributed by atoms with E-state index in [9.17, 15) is 9.59 Å². The summed E-state index contributed by atoms with van der Waals surface area (Å²) in [5.74, 6) is 0.561. The van der Waals surface area contributed by atoms with Crippen LogP contribution in [0.1, 0.15) is 29.3 Å². The summed E-state index contributed by atoms with van der Waals surface area (Å²) in [6.45, 7) is 4.99. The van der Waals surface area contributed by atoms with Crippen LogP contribution in [-0.2, 0) is 22.7 Å². The zero-order chi connectivity index (χ0) is 18.0. The summed E-state index contributed by atoms with van der Waals surface area (Å²) in [4.78, 5) is 32.3. The molecule has 1 aromatic heterocycles. The highest BCUT2D eigenvalue weighted by Crippen LogP contribution is 2.22. The van der Waals surface area contributed by atoms with Gasteiger partial charge in [0.25, 0.3) is 0 Å². The fourth-order valence-corrected chi connectivity index (χ4v) is 3.01. The summed E-state index contributed by atoms with van der Waals surface area (Å²) in [6, 6.07) is 8.09. The molecule has 1 aliphatic heterocycles. The number of amides is 2. The second-order valence-electron chi connectivity index (χ2n) is 6.58. The second kappa shape index (κ2) is 7.04. The minimum atomic E-state index is -0.323. The summed E-state index contributed by atoms with van der Waals surface area (Å²) in [7, 11) is 1.70. The molecule has 0 aliphatic carbocycles. The molecule has 1 atom stereocenters. The molecular weight excluding hydrogens is 320 g/mol. The Hall–Kier alpha value is -2.70. The van der Waals surface area contributed by atoms with Crippen LogP contribution in [-0.4, -0.2) is 45.3 Å². The van der Waals surface area contributed by atoms with Crippen LogP contribution in [0.25, 0.3) is 0 Å². The average molecular weight is 342 g/mol. The van der Waals surface area contributed by atoms with Gasteiger partial charge < -0.3 is 14.3 Å². The highest BCUT2D eigenvalue weighted by Gasteiger charge is 2.35. The number of likely N-dealkylation sites (tertiary alicyclic amines) is 1. The van der Waals surface area contributed by atoms with Gasteiger partial charge in [0.05, 0.1) is 12.5 Å². The van der Waals surface area contributed by atoms with Crippen LogP contribution < -0.4 is 0 Å². The van der Waals surface area contributed by atoms with Crippen LogP contribution in [0.5, 0.6) is 0 Å². The lowest BCUT2D eigenvalue weighted by Crippen LogP contribution is -2.34. The van der Waals surface area contributed by atoms with E-state index in [4.69, 9.17) is 4.52 Å². The third-order valence-corrected chi connectivity index (χ3v) is 4.38. The molecule has 1 saturated heterocycles. The molecule has 0 N–H and O–H groups in total.